The van der Waals surface area contributed by atoms with Gasteiger partial charge in [0.15, 0.2) is 0 Å². The first-order valence-corrected chi connectivity index (χ1v) is 11.9. The van der Waals surface area contributed by atoms with E-state index in [1.54, 1.807) is 55.5 Å². The molecule has 3 aromatic rings. The number of halogens is 2. The summed E-state index contributed by atoms with van der Waals surface area (Å²) in [7, 11) is -3.97. The predicted molar refractivity (Wildman–Crippen MR) is 125 cm³/mol. The summed E-state index contributed by atoms with van der Waals surface area (Å²) in [5.74, 6) is -0.711. The zero-order valence-corrected chi connectivity index (χ0v) is 19.2. The second-order valence-corrected chi connectivity index (χ2v) is 9.63. The SMILES string of the molecule is Cc1cc(Cl)ccc1N(CC(=O)NCCCc1ccc(F)cc1)S(=O)(=O)c1ccccc1. The van der Waals surface area contributed by atoms with Crippen molar-refractivity contribution in [3.8, 4) is 0 Å². The minimum Gasteiger partial charge on any atom is -0.355 e. The fourth-order valence-electron chi connectivity index (χ4n) is 3.28. The second kappa shape index (κ2) is 10.6. The van der Waals surface area contributed by atoms with E-state index in [0.29, 0.717) is 35.7 Å². The third kappa shape index (κ3) is 6.08. The number of nitrogens with one attached hydrogen (secondary N) is 1. The van der Waals surface area contributed by atoms with E-state index in [4.69, 9.17) is 11.6 Å². The van der Waals surface area contributed by atoms with Crippen LogP contribution in [0.3, 0.4) is 0 Å². The smallest absolute Gasteiger partial charge is 0.264 e. The molecule has 32 heavy (non-hydrogen) atoms. The van der Waals surface area contributed by atoms with E-state index >= 15 is 0 Å². The lowest BCUT2D eigenvalue weighted by molar-refractivity contribution is -0.119. The molecule has 0 aliphatic carbocycles. The minimum atomic E-state index is -3.97. The quantitative estimate of drug-likeness (QED) is 0.456. The van der Waals surface area contributed by atoms with E-state index in [2.05, 4.69) is 5.32 Å². The van der Waals surface area contributed by atoms with Crippen LogP contribution in [0.25, 0.3) is 0 Å². The van der Waals surface area contributed by atoms with Crippen molar-refractivity contribution in [2.45, 2.75) is 24.7 Å². The lowest BCUT2D eigenvalue weighted by Gasteiger charge is -2.25. The van der Waals surface area contributed by atoms with Crippen molar-refractivity contribution in [2.75, 3.05) is 17.4 Å². The molecule has 0 radical (unpaired) electrons. The van der Waals surface area contributed by atoms with E-state index < -0.39 is 15.9 Å². The van der Waals surface area contributed by atoms with E-state index in [1.165, 1.54) is 24.3 Å². The fraction of sp³-hybridized carbons (Fsp3) is 0.208. The molecule has 0 bridgehead atoms. The van der Waals surface area contributed by atoms with Gasteiger partial charge in [0.1, 0.15) is 12.4 Å². The maximum Gasteiger partial charge on any atom is 0.264 e. The number of carbonyl (C=O) groups excluding carboxylic acids is 1. The Balaban J connectivity index is 1.72. The molecular formula is C24H24ClFN2O3S. The summed E-state index contributed by atoms with van der Waals surface area (Å²) in [6.45, 7) is 1.75. The first-order chi connectivity index (χ1) is 15.3. The maximum absolute atomic E-state index is 13.3. The predicted octanol–water partition coefficient (Wildman–Crippen LogP) is 4.73. The highest BCUT2D eigenvalue weighted by atomic mass is 35.5. The highest BCUT2D eigenvalue weighted by molar-refractivity contribution is 7.92. The van der Waals surface area contributed by atoms with Gasteiger partial charge in [0.25, 0.3) is 10.0 Å². The number of hydrogen-bond acceptors (Lipinski definition) is 3. The molecule has 5 nitrogen and oxygen atoms in total. The summed E-state index contributed by atoms with van der Waals surface area (Å²) in [4.78, 5) is 12.7. The van der Waals surface area contributed by atoms with Gasteiger partial charge in [-0.15, -0.1) is 0 Å². The Hall–Kier alpha value is -2.90. The van der Waals surface area contributed by atoms with Crippen LogP contribution < -0.4 is 9.62 Å². The first-order valence-electron chi connectivity index (χ1n) is 10.1. The molecule has 0 spiro atoms. The second-order valence-electron chi connectivity index (χ2n) is 7.34. The van der Waals surface area contributed by atoms with E-state index in [0.717, 1.165) is 9.87 Å². The summed E-state index contributed by atoms with van der Waals surface area (Å²) in [5.41, 5.74) is 1.99. The number of hydrogen-bond donors (Lipinski definition) is 1. The van der Waals surface area contributed by atoms with Crippen molar-refractivity contribution in [2.24, 2.45) is 0 Å². The van der Waals surface area contributed by atoms with Crippen molar-refractivity contribution in [3.63, 3.8) is 0 Å². The fourth-order valence-corrected chi connectivity index (χ4v) is 5.01. The lowest BCUT2D eigenvalue weighted by atomic mass is 10.1. The van der Waals surface area contributed by atoms with Crippen LogP contribution in [-0.2, 0) is 21.2 Å². The molecule has 0 fully saturated rings. The topological polar surface area (TPSA) is 66.5 Å². The number of anilines is 1. The molecule has 0 aromatic heterocycles. The summed E-state index contributed by atoms with van der Waals surface area (Å²) < 4.78 is 40.8. The third-order valence-electron chi connectivity index (χ3n) is 4.92. The van der Waals surface area contributed by atoms with Crippen LogP contribution in [0, 0.1) is 12.7 Å². The van der Waals surface area contributed by atoms with Crippen molar-refractivity contribution in [3.05, 3.63) is 94.8 Å². The third-order valence-corrected chi connectivity index (χ3v) is 6.93. The Labute approximate surface area is 192 Å². The number of benzene rings is 3. The molecule has 0 saturated heterocycles. The Morgan fingerprint density at radius 2 is 1.72 bits per heavy atom. The molecule has 1 amide bonds. The van der Waals surface area contributed by atoms with Gasteiger partial charge in [0, 0.05) is 11.6 Å². The van der Waals surface area contributed by atoms with Crippen molar-refractivity contribution >= 4 is 33.2 Å². The van der Waals surface area contributed by atoms with Gasteiger partial charge in [-0.3, -0.25) is 9.10 Å². The average Bonchev–Trinajstić information content (AvgIpc) is 2.77. The van der Waals surface area contributed by atoms with Crippen LogP contribution >= 0.6 is 11.6 Å². The van der Waals surface area contributed by atoms with E-state index in [1.807, 2.05) is 0 Å². The molecule has 0 aliphatic heterocycles. The molecule has 0 heterocycles. The summed E-state index contributed by atoms with van der Waals surface area (Å²) >= 11 is 6.03. The van der Waals surface area contributed by atoms with Gasteiger partial charge in [0.05, 0.1) is 10.6 Å². The Kier molecular flexibility index (Phi) is 7.88. The molecule has 0 atom stereocenters. The maximum atomic E-state index is 13.3. The van der Waals surface area contributed by atoms with Gasteiger partial charge in [-0.2, -0.15) is 0 Å². The Bertz CT molecular complexity index is 1170. The van der Waals surface area contributed by atoms with Crippen LogP contribution in [-0.4, -0.2) is 27.4 Å². The van der Waals surface area contributed by atoms with Crippen molar-refractivity contribution in [1.29, 1.82) is 0 Å². The number of aryl methyl sites for hydroxylation is 2. The molecule has 3 rings (SSSR count). The summed E-state index contributed by atoms with van der Waals surface area (Å²) in [5, 5.41) is 3.25. The number of sulfonamides is 1. The molecule has 0 aliphatic rings. The number of rotatable bonds is 9. The van der Waals surface area contributed by atoms with Crippen LogP contribution in [0.2, 0.25) is 5.02 Å². The molecular weight excluding hydrogens is 451 g/mol. The molecule has 0 saturated carbocycles. The zero-order valence-electron chi connectivity index (χ0n) is 17.6. The molecule has 8 heteroatoms. The highest BCUT2D eigenvalue weighted by Crippen LogP contribution is 2.28. The van der Waals surface area contributed by atoms with Gasteiger partial charge < -0.3 is 5.32 Å². The highest BCUT2D eigenvalue weighted by Gasteiger charge is 2.28. The largest absolute Gasteiger partial charge is 0.355 e. The summed E-state index contributed by atoms with van der Waals surface area (Å²) in [6.07, 6.45) is 1.31. The van der Waals surface area contributed by atoms with Crippen LogP contribution in [0.4, 0.5) is 10.1 Å². The van der Waals surface area contributed by atoms with Crippen molar-refractivity contribution in [1.82, 2.24) is 5.32 Å². The standard InChI is InChI=1S/C24H24ClFN2O3S/c1-18-16-20(25)11-14-23(18)28(32(30,31)22-7-3-2-4-8-22)17-24(29)27-15-5-6-19-9-12-21(26)13-10-19/h2-4,7-14,16H,5-6,15,17H2,1H3,(H,27,29). The Morgan fingerprint density at radius 1 is 1.03 bits per heavy atom. The zero-order chi connectivity index (χ0) is 23.1. The normalized spacial score (nSPS) is 11.2. The van der Waals surface area contributed by atoms with Crippen LogP contribution in [0.1, 0.15) is 17.5 Å². The van der Waals surface area contributed by atoms with Gasteiger partial charge in [-0.1, -0.05) is 41.9 Å². The average molecular weight is 475 g/mol. The molecule has 1 N–H and O–H groups in total. The molecule has 168 valence electrons. The lowest BCUT2D eigenvalue weighted by Crippen LogP contribution is -2.41. The van der Waals surface area contributed by atoms with Crippen molar-refractivity contribution < 1.29 is 17.6 Å². The Morgan fingerprint density at radius 3 is 2.38 bits per heavy atom. The van der Waals surface area contributed by atoms with Crippen LogP contribution in [0.15, 0.2) is 77.7 Å². The number of nitrogens with zero attached hydrogens (tertiary/aromatic N) is 1. The van der Waals surface area contributed by atoms with E-state index in [9.17, 15) is 17.6 Å². The van der Waals surface area contributed by atoms with Gasteiger partial charge in [-0.25, -0.2) is 12.8 Å². The van der Waals surface area contributed by atoms with Gasteiger partial charge in [-0.05, 0) is 73.4 Å². The molecule has 0 unspecified atom stereocenters. The monoisotopic (exact) mass is 474 g/mol. The number of amides is 1. The van der Waals surface area contributed by atoms with Crippen LogP contribution in [0.5, 0.6) is 0 Å². The summed E-state index contributed by atoms with van der Waals surface area (Å²) in [6, 6.07) is 19.0. The number of carbonyl (C=O) groups is 1. The van der Waals surface area contributed by atoms with E-state index in [-0.39, 0.29) is 17.3 Å². The first kappa shape index (κ1) is 23.8. The van der Waals surface area contributed by atoms with Gasteiger partial charge in [0.2, 0.25) is 5.91 Å². The minimum absolute atomic E-state index is 0.0958. The molecule has 3 aromatic carbocycles. The van der Waals surface area contributed by atoms with Gasteiger partial charge >= 0.3 is 0 Å².